The van der Waals surface area contributed by atoms with Gasteiger partial charge in [-0.3, -0.25) is 0 Å². The molecule has 0 aromatic rings. The van der Waals surface area contributed by atoms with Gasteiger partial charge in [0.1, 0.15) is 0 Å². The highest BCUT2D eigenvalue weighted by molar-refractivity contribution is 4.44. The molecule has 0 saturated carbocycles. The smallest absolute Gasteiger partial charge is 0.271 e. The van der Waals surface area contributed by atoms with Crippen LogP contribution in [0.25, 0.3) is 0 Å². The molecule has 1 saturated heterocycles. The Labute approximate surface area is 67.6 Å². The average molecular weight is 160 g/mol. The Bertz CT molecular complexity index is 97.5. The third kappa shape index (κ3) is 3.70. The maximum Gasteiger partial charge on any atom is 0.271 e. The van der Waals surface area contributed by atoms with Gasteiger partial charge in [-0.15, -0.1) is 0 Å². The second-order valence-corrected chi connectivity index (χ2v) is 3.11. The first-order chi connectivity index (χ1) is 5.29. The van der Waals surface area contributed by atoms with E-state index in [1.165, 1.54) is 0 Å². The molecule has 11 heavy (non-hydrogen) atoms. The zero-order valence-corrected chi connectivity index (χ0v) is 7.21. The fourth-order valence-corrected chi connectivity index (χ4v) is 0.833. The van der Waals surface area contributed by atoms with Crippen LogP contribution in [-0.2, 0) is 14.2 Å². The summed E-state index contributed by atoms with van der Waals surface area (Å²) in [6.07, 6.45) is 0.974. The largest absolute Gasteiger partial charge is 0.330 e. The summed E-state index contributed by atoms with van der Waals surface area (Å²) in [6, 6.07) is 0. The van der Waals surface area contributed by atoms with Crippen LogP contribution in [0.4, 0.5) is 0 Å². The van der Waals surface area contributed by atoms with Gasteiger partial charge in [0.25, 0.3) is 6.48 Å². The predicted octanol–water partition coefficient (Wildman–Crippen LogP) is 1.38. The molecule has 1 rings (SSSR count). The predicted molar refractivity (Wildman–Crippen MR) is 41.1 cm³/mol. The zero-order chi connectivity index (χ0) is 8.10. The summed E-state index contributed by atoms with van der Waals surface area (Å²) in [5.74, 6) is 0.532. The standard InChI is InChI=1S/C8H16O3/c1-7(2)6-11-8-9-4-3-5-10-8/h7-8H,3-6H2,1-2H3. The van der Waals surface area contributed by atoms with Crippen molar-refractivity contribution in [2.75, 3.05) is 19.8 Å². The van der Waals surface area contributed by atoms with Crippen molar-refractivity contribution in [3.63, 3.8) is 0 Å². The molecule has 1 aliphatic rings. The van der Waals surface area contributed by atoms with Crippen molar-refractivity contribution in [1.29, 1.82) is 0 Å². The Kier molecular flexibility index (Phi) is 3.83. The summed E-state index contributed by atoms with van der Waals surface area (Å²) in [5, 5.41) is 0. The minimum absolute atomic E-state index is 0.411. The highest BCUT2D eigenvalue weighted by atomic mass is 16.8. The fraction of sp³-hybridized carbons (Fsp3) is 1.00. The lowest BCUT2D eigenvalue weighted by Gasteiger charge is -2.23. The lowest BCUT2D eigenvalue weighted by atomic mass is 10.2. The number of rotatable bonds is 3. The molecule has 0 aliphatic carbocycles. The van der Waals surface area contributed by atoms with Crippen molar-refractivity contribution in [1.82, 2.24) is 0 Å². The summed E-state index contributed by atoms with van der Waals surface area (Å²) in [7, 11) is 0. The normalized spacial score (nSPS) is 21.0. The van der Waals surface area contributed by atoms with Crippen molar-refractivity contribution >= 4 is 0 Å². The van der Waals surface area contributed by atoms with Crippen LogP contribution in [-0.4, -0.2) is 26.3 Å². The van der Waals surface area contributed by atoms with E-state index in [0.717, 1.165) is 19.6 Å². The van der Waals surface area contributed by atoms with Gasteiger partial charge in [-0.25, -0.2) is 0 Å². The molecule has 0 N–H and O–H groups in total. The minimum atomic E-state index is -0.411. The molecule has 0 amide bonds. The molecule has 0 aromatic heterocycles. The summed E-state index contributed by atoms with van der Waals surface area (Å²) >= 11 is 0. The topological polar surface area (TPSA) is 27.7 Å². The number of hydrogen-bond acceptors (Lipinski definition) is 3. The lowest BCUT2D eigenvalue weighted by Crippen LogP contribution is -2.28. The van der Waals surface area contributed by atoms with E-state index in [1.807, 2.05) is 0 Å². The first-order valence-corrected chi connectivity index (χ1v) is 4.14. The Balaban J connectivity index is 2.05. The molecule has 66 valence electrons. The van der Waals surface area contributed by atoms with E-state index in [1.54, 1.807) is 0 Å². The molecule has 0 bridgehead atoms. The van der Waals surface area contributed by atoms with Crippen LogP contribution >= 0.6 is 0 Å². The van der Waals surface area contributed by atoms with Crippen LogP contribution < -0.4 is 0 Å². The van der Waals surface area contributed by atoms with Gasteiger partial charge in [0.2, 0.25) is 0 Å². The molecule has 3 heteroatoms. The van der Waals surface area contributed by atoms with Gasteiger partial charge in [-0.2, -0.15) is 0 Å². The Hall–Kier alpha value is -0.120. The van der Waals surface area contributed by atoms with E-state index >= 15 is 0 Å². The third-order valence-electron chi connectivity index (χ3n) is 1.36. The van der Waals surface area contributed by atoms with Crippen LogP contribution in [0.2, 0.25) is 0 Å². The molecule has 1 fully saturated rings. The Morgan fingerprint density at radius 2 is 2.00 bits per heavy atom. The van der Waals surface area contributed by atoms with Gasteiger partial charge in [-0.1, -0.05) is 13.8 Å². The van der Waals surface area contributed by atoms with Crippen LogP contribution in [0.3, 0.4) is 0 Å². The fourth-order valence-electron chi connectivity index (χ4n) is 0.833. The highest BCUT2D eigenvalue weighted by Gasteiger charge is 2.14. The van der Waals surface area contributed by atoms with E-state index in [9.17, 15) is 0 Å². The van der Waals surface area contributed by atoms with Crippen LogP contribution in [0.15, 0.2) is 0 Å². The van der Waals surface area contributed by atoms with Gasteiger partial charge >= 0.3 is 0 Å². The van der Waals surface area contributed by atoms with Crippen LogP contribution in [0.5, 0.6) is 0 Å². The molecule has 0 unspecified atom stereocenters. The molecule has 0 aromatic carbocycles. The molecule has 1 heterocycles. The van der Waals surface area contributed by atoms with E-state index in [-0.39, 0.29) is 0 Å². The van der Waals surface area contributed by atoms with Gasteiger partial charge in [-0.05, 0) is 12.3 Å². The van der Waals surface area contributed by atoms with E-state index < -0.39 is 6.48 Å². The summed E-state index contributed by atoms with van der Waals surface area (Å²) in [4.78, 5) is 0. The Morgan fingerprint density at radius 3 is 2.55 bits per heavy atom. The molecular weight excluding hydrogens is 144 g/mol. The molecule has 3 nitrogen and oxygen atoms in total. The van der Waals surface area contributed by atoms with Gasteiger partial charge in [0.15, 0.2) is 0 Å². The van der Waals surface area contributed by atoms with E-state index in [2.05, 4.69) is 13.8 Å². The molecule has 1 aliphatic heterocycles. The van der Waals surface area contributed by atoms with E-state index in [0.29, 0.717) is 12.5 Å². The first-order valence-electron chi connectivity index (χ1n) is 4.14. The molecule has 0 radical (unpaired) electrons. The minimum Gasteiger partial charge on any atom is -0.330 e. The van der Waals surface area contributed by atoms with Crippen molar-refractivity contribution in [3.8, 4) is 0 Å². The number of ether oxygens (including phenoxy) is 3. The highest BCUT2D eigenvalue weighted by Crippen LogP contribution is 2.07. The zero-order valence-electron chi connectivity index (χ0n) is 7.21. The molecular formula is C8H16O3. The summed E-state index contributed by atoms with van der Waals surface area (Å²) < 4.78 is 15.7. The average Bonchev–Trinajstić information content (AvgIpc) is 2.03. The van der Waals surface area contributed by atoms with Crippen molar-refractivity contribution in [3.05, 3.63) is 0 Å². The number of hydrogen-bond donors (Lipinski definition) is 0. The van der Waals surface area contributed by atoms with E-state index in [4.69, 9.17) is 14.2 Å². The van der Waals surface area contributed by atoms with Crippen molar-refractivity contribution in [2.45, 2.75) is 26.7 Å². The summed E-state index contributed by atoms with van der Waals surface area (Å²) in [5.41, 5.74) is 0. The third-order valence-corrected chi connectivity index (χ3v) is 1.36. The molecule has 0 spiro atoms. The van der Waals surface area contributed by atoms with Crippen LogP contribution in [0.1, 0.15) is 20.3 Å². The quantitative estimate of drug-likeness (QED) is 0.624. The van der Waals surface area contributed by atoms with Gasteiger partial charge < -0.3 is 14.2 Å². The van der Waals surface area contributed by atoms with Crippen LogP contribution in [0, 0.1) is 5.92 Å². The first kappa shape index (κ1) is 8.97. The maximum absolute atomic E-state index is 5.30. The lowest BCUT2D eigenvalue weighted by molar-refractivity contribution is -0.312. The van der Waals surface area contributed by atoms with Gasteiger partial charge in [0, 0.05) is 0 Å². The van der Waals surface area contributed by atoms with Gasteiger partial charge in [0.05, 0.1) is 19.8 Å². The Morgan fingerprint density at radius 1 is 1.36 bits per heavy atom. The molecule has 0 atom stereocenters. The van der Waals surface area contributed by atoms with Crippen molar-refractivity contribution in [2.24, 2.45) is 5.92 Å². The summed E-state index contributed by atoms with van der Waals surface area (Å²) in [6.45, 7) is 5.99. The second kappa shape index (κ2) is 4.70. The monoisotopic (exact) mass is 160 g/mol. The SMILES string of the molecule is CC(C)COC1OCCCO1. The van der Waals surface area contributed by atoms with Crippen molar-refractivity contribution < 1.29 is 14.2 Å². The second-order valence-electron chi connectivity index (χ2n) is 3.11. The maximum atomic E-state index is 5.30.